The average molecular weight is 198 g/mol. The molecular weight excluding hydrogens is 184 g/mol. The first-order valence-corrected chi connectivity index (χ1v) is 5.02. The number of H-pyrrole nitrogens is 1. The molecular formula is C13H14N2. The van der Waals surface area contributed by atoms with Crippen molar-refractivity contribution in [3.8, 4) is 0 Å². The minimum atomic E-state index is 0.911. The van der Waals surface area contributed by atoms with Gasteiger partial charge < -0.3 is 4.98 Å². The van der Waals surface area contributed by atoms with Crippen molar-refractivity contribution in [2.24, 2.45) is 0 Å². The van der Waals surface area contributed by atoms with Crippen molar-refractivity contribution < 1.29 is 0 Å². The van der Waals surface area contributed by atoms with Crippen LogP contribution < -0.4 is 0 Å². The molecule has 0 amide bonds. The molecule has 1 heterocycles. The molecule has 1 aromatic heterocycles. The monoisotopic (exact) mass is 198 g/mol. The minimum Gasteiger partial charge on any atom is -0.342 e. The van der Waals surface area contributed by atoms with E-state index in [4.69, 9.17) is 0 Å². The summed E-state index contributed by atoms with van der Waals surface area (Å²) in [5.74, 6) is 0.911. The van der Waals surface area contributed by atoms with Gasteiger partial charge in [-0.3, -0.25) is 0 Å². The lowest BCUT2D eigenvalue weighted by Gasteiger charge is -1.89. The van der Waals surface area contributed by atoms with Crippen molar-refractivity contribution in [2.75, 3.05) is 0 Å². The first-order valence-electron chi connectivity index (χ1n) is 5.02. The molecule has 0 saturated heterocycles. The van der Waals surface area contributed by atoms with Crippen LogP contribution in [0, 0.1) is 13.8 Å². The summed E-state index contributed by atoms with van der Waals surface area (Å²) in [5, 5.41) is 0. The molecule has 76 valence electrons. The number of hydrogen-bond acceptors (Lipinski definition) is 1. The molecule has 0 radical (unpaired) electrons. The van der Waals surface area contributed by atoms with E-state index in [0.717, 1.165) is 17.2 Å². The summed E-state index contributed by atoms with van der Waals surface area (Å²) in [6.07, 6.45) is 4.05. The highest BCUT2D eigenvalue weighted by Crippen LogP contribution is 2.07. The normalized spacial score (nSPS) is 11.1. The van der Waals surface area contributed by atoms with Crippen LogP contribution in [0.15, 0.2) is 30.3 Å². The Morgan fingerprint density at radius 2 is 1.80 bits per heavy atom. The second-order valence-electron chi connectivity index (χ2n) is 3.58. The van der Waals surface area contributed by atoms with Crippen molar-refractivity contribution >= 4 is 12.2 Å². The maximum atomic E-state index is 4.38. The maximum absolute atomic E-state index is 4.38. The number of imidazole rings is 1. The molecule has 0 aliphatic heterocycles. The van der Waals surface area contributed by atoms with E-state index >= 15 is 0 Å². The Hall–Kier alpha value is -1.83. The van der Waals surface area contributed by atoms with E-state index in [2.05, 4.69) is 28.2 Å². The molecule has 2 aromatic rings. The van der Waals surface area contributed by atoms with Gasteiger partial charge in [0, 0.05) is 5.69 Å². The van der Waals surface area contributed by atoms with E-state index in [1.807, 2.05) is 38.1 Å². The molecule has 15 heavy (non-hydrogen) atoms. The fourth-order valence-electron chi connectivity index (χ4n) is 1.39. The van der Waals surface area contributed by atoms with Gasteiger partial charge in [0.1, 0.15) is 5.82 Å². The Balaban J connectivity index is 2.19. The summed E-state index contributed by atoms with van der Waals surface area (Å²) >= 11 is 0. The van der Waals surface area contributed by atoms with Crippen LogP contribution in [0.4, 0.5) is 0 Å². The lowest BCUT2D eigenvalue weighted by atomic mass is 10.2. The number of aryl methyl sites for hydroxylation is 2. The van der Waals surface area contributed by atoms with Crippen LogP contribution >= 0.6 is 0 Å². The van der Waals surface area contributed by atoms with Crippen LogP contribution in [0.2, 0.25) is 0 Å². The van der Waals surface area contributed by atoms with Gasteiger partial charge in [-0.2, -0.15) is 0 Å². The summed E-state index contributed by atoms with van der Waals surface area (Å²) < 4.78 is 0. The van der Waals surface area contributed by atoms with Crippen molar-refractivity contribution in [3.63, 3.8) is 0 Å². The predicted octanol–water partition coefficient (Wildman–Crippen LogP) is 3.20. The van der Waals surface area contributed by atoms with Crippen molar-refractivity contribution in [1.29, 1.82) is 0 Å². The van der Waals surface area contributed by atoms with E-state index in [1.165, 1.54) is 5.56 Å². The average Bonchev–Trinajstić information content (AvgIpc) is 2.57. The van der Waals surface area contributed by atoms with Gasteiger partial charge in [0.25, 0.3) is 0 Å². The van der Waals surface area contributed by atoms with Crippen molar-refractivity contribution in [3.05, 3.63) is 53.1 Å². The molecule has 1 aromatic carbocycles. The van der Waals surface area contributed by atoms with Gasteiger partial charge in [0.2, 0.25) is 0 Å². The highest BCUT2D eigenvalue weighted by Gasteiger charge is 1.97. The topological polar surface area (TPSA) is 28.7 Å². The summed E-state index contributed by atoms with van der Waals surface area (Å²) in [6, 6.07) is 10.2. The van der Waals surface area contributed by atoms with E-state index < -0.39 is 0 Å². The third-order valence-corrected chi connectivity index (χ3v) is 2.38. The highest BCUT2D eigenvalue weighted by atomic mass is 14.9. The molecule has 0 atom stereocenters. The zero-order valence-electron chi connectivity index (χ0n) is 8.99. The molecule has 0 fully saturated rings. The molecule has 2 rings (SSSR count). The van der Waals surface area contributed by atoms with Crippen LogP contribution in [0.25, 0.3) is 12.2 Å². The number of rotatable bonds is 2. The van der Waals surface area contributed by atoms with Crippen molar-refractivity contribution in [1.82, 2.24) is 9.97 Å². The van der Waals surface area contributed by atoms with Gasteiger partial charge in [0.05, 0.1) is 5.69 Å². The summed E-state index contributed by atoms with van der Waals surface area (Å²) in [4.78, 5) is 7.60. The molecule has 0 aliphatic rings. The van der Waals surface area contributed by atoms with Gasteiger partial charge in [0.15, 0.2) is 0 Å². The smallest absolute Gasteiger partial charge is 0.130 e. The van der Waals surface area contributed by atoms with Crippen LogP contribution in [0.5, 0.6) is 0 Å². The van der Waals surface area contributed by atoms with Crippen LogP contribution in [-0.2, 0) is 0 Å². The van der Waals surface area contributed by atoms with E-state index in [9.17, 15) is 0 Å². The summed E-state index contributed by atoms with van der Waals surface area (Å²) in [5.41, 5.74) is 3.37. The van der Waals surface area contributed by atoms with Gasteiger partial charge in [-0.15, -0.1) is 0 Å². The molecule has 2 nitrogen and oxygen atoms in total. The molecule has 0 spiro atoms. The predicted molar refractivity (Wildman–Crippen MR) is 63.4 cm³/mol. The molecule has 0 saturated carbocycles. The number of nitrogens with one attached hydrogen (secondary N) is 1. The Kier molecular flexibility index (Phi) is 2.68. The number of nitrogens with zero attached hydrogens (tertiary/aromatic N) is 1. The molecule has 0 unspecified atom stereocenters. The number of aromatic nitrogens is 2. The Morgan fingerprint density at radius 1 is 1.07 bits per heavy atom. The maximum Gasteiger partial charge on any atom is 0.130 e. The third kappa shape index (κ3) is 2.34. The Labute approximate surface area is 89.7 Å². The largest absolute Gasteiger partial charge is 0.342 e. The zero-order valence-corrected chi connectivity index (χ0v) is 8.99. The first-order chi connectivity index (χ1) is 7.25. The Morgan fingerprint density at radius 3 is 2.40 bits per heavy atom. The fourth-order valence-corrected chi connectivity index (χ4v) is 1.39. The number of hydrogen-bond donors (Lipinski definition) is 1. The minimum absolute atomic E-state index is 0.911. The van der Waals surface area contributed by atoms with Crippen molar-refractivity contribution in [2.45, 2.75) is 13.8 Å². The van der Waals surface area contributed by atoms with Gasteiger partial charge >= 0.3 is 0 Å². The Bertz CT molecular complexity index is 447. The molecule has 2 heteroatoms. The lowest BCUT2D eigenvalue weighted by Crippen LogP contribution is -1.75. The highest BCUT2D eigenvalue weighted by molar-refractivity contribution is 5.66. The summed E-state index contributed by atoms with van der Waals surface area (Å²) in [7, 11) is 0. The van der Waals surface area contributed by atoms with E-state index in [0.29, 0.717) is 0 Å². The fraction of sp³-hybridized carbons (Fsp3) is 0.154. The second kappa shape index (κ2) is 4.13. The second-order valence-corrected chi connectivity index (χ2v) is 3.58. The van der Waals surface area contributed by atoms with Gasteiger partial charge in [-0.25, -0.2) is 4.98 Å². The number of benzene rings is 1. The van der Waals surface area contributed by atoms with Crippen LogP contribution in [-0.4, -0.2) is 9.97 Å². The first kappa shape index (κ1) is 9.71. The van der Waals surface area contributed by atoms with E-state index in [-0.39, 0.29) is 0 Å². The molecule has 0 bridgehead atoms. The quantitative estimate of drug-likeness (QED) is 0.788. The molecule has 0 aliphatic carbocycles. The van der Waals surface area contributed by atoms with Crippen LogP contribution in [0.3, 0.4) is 0 Å². The van der Waals surface area contributed by atoms with Crippen LogP contribution in [0.1, 0.15) is 22.8 Å². The van der Waals surface area contributed by atoms with Gasteiger partial charge in [-0.05, 0) is 25.5 Å². The third-order valence-electron chi connectivity index (χ3n) is 2.38. The molecule has 1 N–H and O–H groups in total. The zero-order chi connectivity index (χ0) is 10.7. The summed E-state index contributed by atoms with van der Waals surface area (Å²) in [6.45, 7) is 4.04. The lowest BCUT2D eigenvalue weighted by molar-refractivity contribution is 1.22. The van der Waals surface area contributed by atoms with Gasteiger partial charge in [-0.1, -0.05) is 36.4 Å². The standard InChI is InChI=1S/C13H14N2/c1-10-11(2)15-13(14-10)9-8-12-6-4-3-5-7-12/h3-9H,1-2H3,(H,14,15). The SMILES string of the molecule is Cc1nc(C=Cc2ccccc2)[nH]c1C. The number of aromatic amines is 1. The van der Waals surface area contributed by atoms with E-state index in [1.54, 1.807) is 0 Å².